The van der Waals surface area contributed by atoms with Crippen LogP contribution in [0.25, 0.3) is 11.0 Å². The average Bonchev–Trinajstić information content (AvgIpc) is 3.13. The molecule has 6 nitrogen and oxygen atoms in total. The molecule has 3 N–H and O–H groups in total. The van der Waals surface area contributed by atoms with Crippen molar-refractivity contribution < 1.29 is 4.79 Å². The molecule has 0 spiro atoms. The van der Waals surface area contributed by atoms with E-state index in [9.17, 15) is 4.79 Å². The lowest BCUT2D eigenvalue weighted by atomic mass is 9.97. The van der Waals surface area contributed by atoms with Gasteiger partial charge in [0.15, 0.2) is 0 Å². The Labute approximate surface area is 175 Å². The number of halogens is 1. The Morgan fingerprint density at radius 1 is 1.24 bits per heavy atom. The minimum Gasteiger partial charge on any atom is -0.350 e. The monoisotopic (exact) mass is 411 g/mol. The molecule has 1 amide bonds. The molecule has 0 saturated carbocycles. The summed E-state index contributed by atoms with van der Waals surface area (Å²) in [5.74, 6) is 0.785. The Kier molecular flexibility index (Phi) is 5.74. The highest BCUT2D eigenvalue weighted by atomic mass is 35.5. The molecule has 2 aromatic carbocycles. The maximum Gasteiger partial charge on any atom is 0.251 e. The lowest BCUT2D eigenvalue weighted by Crippen LogP contribution is -2.44. The molecular formula is C22H26ClN5O. The number of carbonyl (C=O) groups excluding carboxylic acids is 1. The van der Waals surface area contributed by atoms with Gasteiger partial charge in [0, 0.05) is 49.2 Å². The van der Waals surface area contributed by atoms with Crippen LogP contribution in [-0.2, 0) is 6.42 Å². The summed E-state index contributed by atoms with van der Waals surface area (Å²) in [4.78, 5) is 23.4. The van der Waals surface area contributed by atoms with Gasteiger partial charge in [0.1, 0.15) is 0 Å². The molecule has 0 unspecified atom stereocenters. The van der Waals surface area contributed by atoms with Crippen molar-refractivity contribution in [1.82, 2.24) is 20.6 Å². The number of imidazole rings is 1. The van der Waals surface area contributed by atoms with Crippen LogP contribution in [0.3, 0.4) is 0 Å². The number of aromatic amines is 1. The fourth-order valence-electron chi connectivity index (χ4n) is 3.74. The number of H-pyrrole nitrogens is 1. The summed E-state index contributed by atoms with van der Waals surface area (Å²) in [7, 11) is 0. The third kappa shape index (κ3) is 4.38. The molecule has 0 atom stereocenters. The smallest absolute Gasteiger partial charge is 0.251 e. The highest BCUT2D eigenvalue weighted by Gasteiger charge is 2.20. The van der Waals surface area contributed by atoms with Crippen molar-refractivity contribution in [2.75, 3.05) is 31.1 Å². The van der Waals surface area contributed by atoms with Crippen LogP contribution in [0.1, 0.15) is 35.3 Å². The molecule has 0 bridgehead atoms. The van der Waals surface area contributed by atoms with Gasteiger partial charge in [-0.1, -0.05) is 23.7 Å². The van der Waals surface area contributed by atoms with Gasteiger partial charge in [-0.15, -0.1) is 0 Å². The van der Waals surface area contributed by atoms with Crippen LogP contribution < -0.4 is 15.5 Å². The average molecular weight is 412 g/mol. The zero-order valence-corrected chi connectivity index (χ0v) is 17.5. The Morgan fingerprint density at radius 3 is 2.76 bits per heavy atom. The standard InChI is InChI=1S/C22H26ClN5O/c1-14(2)25-21(29)17-6-7-19-20(18(17)13-15-4-3-5-16(23)12-15)27-22(26-19)28-10-8-24-9-11-28/h3-7,12,14,24H,8-11,13H2,1-2H3,(H,25,29)(H,26,27). The van der Waals surface area contributed by atoms with Crippen LogP contribution in [-0.4, -0.2) is 48.1 Å². The number of benzene rings is 2. The maximum atomic E-state index is 12.9. The van der Waals surface area contributed by atoms with E-state index >= 15 is 0 Å². The van der Waals surface area contributed by atoms with Crippen molar-refractivity contribution in [1.29, 1.82) is 0 Å². The highest BCUT2D eigenvalue weighted by molar-refractivity contribution is 6.30. The van der Waals surface area contributed by atoms with Gasteiger partial charge in [0.2, 0.25) is 5.95 Å². The van der Waals surface area contributed by atoms with Crippen LogP contribution in [0, 0.1) is 0 Å². The van der Waals surface area contributed by atoms with Crippen LogP contribution in [0.2, 0.25) is 5.02 Å². The summed E-state index contributed by atoms with van der Waals surface area (Å²) in [6, 6.07) is 11.6. The molecule has 1 aliphatic heterocycles. The third-order valence-corrected chi connectivity index (χ3v) is 5.34. The summed E-state index contributed by atoms with van der Waals surface area (Å²) < 4.78 is 0. The molecule has 1 aromatic heterocycles. The number of amides is 1. The second-order valence-electron chi connectivity index (χ2n) is 7.72. The minimum absolute atomic E-state index is 0.0652. The van der Waals surface area contributed by atoms with Crippen molar-refractivity contribution in [3.63, 3.8) is 0 Å². The Morgan fingerprint density at radius 2 is 2.03 bits per heavy atom. The van der Waals surface area contributed by atoms with Crippen LogP contribution in [0.15, 0.2) is 36.4 Å². The molecule has 0 aliphatic carbocycles. The summed E-state index contributed by atoms with van der Waals surface area (Å²) in [5, 5.41) is 7.06. The SMILES string of the molecule is CC(C)NC(=O)c1ccc2nc(N3CCNCC3)[nH]c2c1Cc1cccc(Cl)c1. The summed E-state index contributed by atoms with van der Waals surface area (Å²) >= 11 is 6.19. The molecule has 1 fully saturated rings. The number of nitrogens with zero attached hydrogens (tertiary/aromatic N) is 2. The Bertz CT molecular complexity index is 1020. The number of carbonyl (C=O) groups is 1. The molecular weight excluding hydrogens is 386 g/mol. The largest absolute Gasteiger partial charge is 0.350 e. The van der Waals surface area contributed by atoms with Gasteiger partial charge in [0.05, 0.1) is 11.0 Å². The number of hydrogen-bond acceptors (Lipinski definition) is 4. The van der Waals surface area contributed by atoms with Gasteiger partial charge in [0.25, 0.3) is 5.91 Å². The molecule has 0 radical (unpaired) electrons. The second kappa shape index (κ2) is 8.43. The first kappa shape index (κ1) is 19.7. The van der Waals surface area contributed by atoms with E-state index in [1.165, 1.54) is 0 Å². The fourth-order valence-corrected chi connectivity index (χ4v) is 3.95. The first-order valence-corrected chi connectivity index (χ1v) is 10.4. The summed E-state index contributed by atoms with van der Waals surface area (Å²) in [5.41, 5.74) is 4.45. The van der Waals surface area contributed by atoms with Crippen molar-refractivity contribution in [3.8, 4) is 0 Å². The topological polar surface area (TPSA) is 73.1 Å². The van der Waals surface area contributed by atoms with Gasteiger partial charge in [-0.2, -0.15) is 0 Å². The molecule has 3 aromatic rings. The van der Waals surface area contributed by atoms with Gasteiger partial charge in [-0.3, -0.25) is 4.79 Å². The molecule has 1 saturated heterocycles. The lowest BCUT2D eigenvalue weighted by molar-refractivity contribution is 0.0942. The van der Waals surface area contributed by atoms with Crippen molar-refractivity contribution in [2.24, 2.45) is 0 Å². The van der Waals surface area contributed by atoms with Crippen LogP contribution >= 0.6 is 11.6 Å². The normalized spacial score (nSPS) is 14.6. The predicted octanol–water partition coefficient (Wildman–Crippen LogP) is 3.35. The minimum atomic E-state index is -0.0720. The van der Waals surface area contributed by atoms with Gasteiger partial charge >= 0.3 is 0 Å². The third-order valence-electron chi connectivity index (χ3n) is 5.10. The number of hydrogen-bond donors (Lipinski definition) is 3. The molecule has 152 valence electrons. The highest BCUT2D eigenvalue weighted by Crippen LogP contribution is 2.27. The van der Waals surface area contributed by atoms with Gasteiger partial charge < -0.3 is 20.5 Å². The zero-order chi connectivity index (χ0) is 20.4. The van der Waals surface area contributed by atoms with Crippen molar-refractivity contribution in [3.05, 3.63) is 58.1 Å². The fraction of sp³-hybridized carbons (Fsp3) is 0.364. The van der Waals surface area contributed by atoms with E-state index in [1.807, 2.05) is 50.2 Å². The van der Waals surface area contributed by atoms with E-state index in [-0.39, 0.29) is 11.9 Å². The first-order chi connectivity index (χ1) is 14.0. The molecule has 1 aliphatic rings. The summed E-state index contributed by atoms with van der Waals surface area (Å²) in [6.07, 6.45) is 0.599. The zero-order valence-electron chi connectivity index (χ0n) is 16.8. The van der Waals surface area contributed by atoms with Gasteiger partial charge in [-0.05, 0) is 49.2 Å². The Hall–Kier alpha value is -2.57. The number of rotatable bonds is 5. The van der Waals surface area contributed by atoms with Crippen molar-refractivity contribution in [2.45, 2.75) is 26.3 Å². The number of aromatic nitrogens is 2. The number of nitrogens with one attached hydrogen (secondary N) is 3. The molecule has 4 rings (SSSR count). The number of anilines is 1. The second-order valence-corrected chi connectivity index (χ2v) is 8.15. The predicted molar refractivity (Wildman–Crippen MR) is 118 cm³/mol. The van der Waals surface area contributed by atoms with E-state index in [0.717, 1.165) is 54.3 Å². The van der Waals surface area contributed by atoms with E-state index in [0.29, 0.717) is 17.0 Å². The van der Waals surface area contributed by atoms with E-state index in [2.05, 4.69) is 20.5 Å². The lowest BCUT2D eigenvalue weighted by Gasteiger charge is -2.26. The van der Waals surface area contributed by atoms with E-state index in [1.54, 1.807) is 0 Å². The first-order valence-electron chi connectivity index (χ1n) is 10.0. The van der Waals surface area contributed by atoms with Gasteiger partial charge in [-0.25, -0.2) is 4.98 Å². The van der Waals surface area contributed by atoms with E-state index in [4.69, 9.17) is 16.6 Å². The maximum absolute atomic E-state index is 12.9. The van der Waals surface area contributed by atoms with Crippen molar-refractivity contribution >= 4 is 34.5 Å². The number of piperazine rings is 1. The number of fused-ring (bicyclic) bond motifs is 1. The molecule has 7 heteroatoms. The van der Waals surface area contributed by atoms with E-state index < -0.39 is 0 Å². The Balaban J connectivity index is 1.79. The summed E-state index contributed by atoms with van der Waals surface area (Å²) in [6.45, 7) is 7.62. The molecule has 29 heavy (non-hydrogen) atoms. The molecule has 2 heterocycles. The van der Waals surface area contributed by atoms with Crippen LogP contribution in [0.4, 0.5) is 5.95 Å². The van der Waals surface area contributed by atoms with Crippen LogP contribution in [0.5, 0.6) is 0 Å². The quantitative estimate of drug-likeness (QED) is 0.602.